The summed E-state index contributed by atoms with van der Waals surface area (Å²) in [6.45, 7) is 7.10. The lowest BCUT2D eigenvalue weighted by Crippen LogP contribution is -2.44. The first kappa shape index (κ1) is 17.1. The first-order chi connectivity index (χ1) is 9.02. The Bertz CT molecular complexity index is 339. The van der Waals surface area contributed by atoms with Gasteiger partial charge in [0.1, 0.15) is 5.60 Å². The lowest BCUT2D eigenvalue weighted by molar-refractivity contribution is -0.149. The maximum atomic E-state index is 12.5. The Labute approximate surface area is 117 Å². The van der Waals surface area contributed by atoms with E-state index in [9.17, 15) is 18.0 Å². The fourth-order valence-corrected chi connectivity index (χ4v) is 2.26. The van der Waals surface area contributed by atoms with Crippen LogP contribution in [0.1, 0.15) is 34.1 Å². The predicted molar refractivity (Wildman–Crippen MR) is 69.5 cm³/mol. The highest BCUT2D eigenvalue weighted by Crippen LogP contribution is 2.23. The van der Waals surface area contributed by atoms with Crippen molar-refractivity contribution in [3.63, 3.8) is 0 Å². The van der Waals surface area contributed by atoms with Crippen LogP contribution in [-0.4, -0.2) is 59.9 Å². The smallest absolute Gasteiger partial charge is 0.410 e. The van der Waals surface area contributed by atoms with Gasteiger partial charge in [-0.1, -0.05) is 6.92 Å². The first-order valence-electron chi connectivity index (χ1n) is 6.80. The fraction of sp³-hybridized carbons (Fsp3) is 0.923. The number of likely N-dealkylation sites (tertiary alicyclic amines) is 1. The van der Waals surface area contributed by atoms with Crippen molar-refractivity contribution in [1.82, 2.24) is 9.80 Å². The van der Waals surface area contributed by atoms with Gasteiger partial charge in [0.05, 0.1) is 6.54 Å². The molecule has 118 valence electrons. The van der Waals surface area contributed by atoms with Gasteiger partial charge in [0.15, 0.2) is 0 Å². The molecular formula is C13H23F3N2O2. The summed E-state index contributed by atoms with van der Waals surface area (Å²) in [6.07, 6.45) is -4.12. The summed E-state index contributed by atoms with van der Waals surface area (Å²) >= 11 is 0. The Hall–Kier alpha value is -0.980. The van der Waals surface area contributed by atoms with E-state index < -0.39 is 24.4 Å². The molecule has 0 spiro atoms. The van der Waals surface area contributed by atoms with Crippen LogP contribution >= 0.6 is 0 Å². The highest BCUT2D eigenvalue weighted by molar-refractivity contribution is 5.68. The Balaban J connectivity index is 2.55. The molecule has 1 aliphatic heterocycles. The molecule has 1 heterocycles. The number of hydrogen-bond acceptors (Lipinski definition) is 3. The van der Waals surface area contributed by atoms with Crippen LogP contribution in [0.25, 0.3) is 0 Å². The zero-order valence-corrected chi connectivity index (χ0v) is 12.5. The Kier molecular flexibility index (Phi) is 5.29. The van der Waals surface area contributed by atoms with Gasteiger partial charge >= 0.3 is 12.3 Å². The molecule has 0 aromatic heterocycles. The highest BCUT2D eigenvalue weighted by Gasteiger charge is 2.37. The summed E-state index contributed by atoms with van der Waals surface area (Å²) < 4.78 is 42.7. The summed E-state index contributed by atoms with van der Waals surface area (Å²) in [5, 5.41) is 0. The third-order valence-corrected chi connectivity index (χ3v) is 3.12. The molecule has 0 N–H and O–H groups in total. The van der Waals surface area contributed by atoms with E-state index in [-0.39, 0.29) is 6.04 Å². The van der Waals surface area contributed by atoms with Gasteiger partial charge in [0.25, 0.3) is 0 Å². The van der Waals surface area contributed by atoms with Gasteiger partial charge in [0, 0.05) is 19.1 Å². The number of carbonyl (C=O) groups excluding carboxylic acids is 1. The van der Waals surface area contributed by atoms with E-state index in [1.165, 1.54) is 9.80 Å². The Morgan fingerprint density at radius 3 is 2.40 bits per heavy atom. The van der Waals surface area contributed by atoms with Crippen LogP contribution in [0.5, 0.6) is 0 Å². The molecule has 0 aromatic carbocycles. The van der Waals surface area contributed by atoms with Gasteiger partial charge < -0.3 is 9.64 Å². The summed E-state index contributed by atoms with van der Waals surface area (Å²) in [6, 6.07) is -0.255. The van der Waals surface area contributed by atoms with E-state index >= 15 is 0 Å². The maximum absolute atomic E-state index is 12.5. The number of carbonyl (C=O) groups is 1. The molecule has 0 saturated carbocycles. The summed E-state index contributed by atoms with van der Waals surface area (Å²) in [5.41, 5.74) is -0.592. The van der Waals surface area contributed by atoms with E-state index in [0.717, 1.165) is 0 Å². The van der Waals surface area contributed by atoms with Crippen LogP contribution in [0.2, 0.25) is 0 Å². The number of rotatable bonds is 3. The minimum atomic E-state index is -4.21. The van der Waals surface area contributed by atoms with Gasteiger partial charge in [-0.05, 0) is 33.7 Å². The van der Waals surface area contributed by atoms with Crippen molar-refractivity contribution < 1.29 is 22.7 Å². The Morgan fingerprint density at radius 2 is 1.95 bits per heavy atom. The molecule has 0 aromatic rings. The second kappa shape index (κ2) is 6.20. The molecule has 0 radical (unpaired) electrons. The Morgan fingerprint density at radius 1 is 1.35 bits per heavy atom. The lowest BCUT2D eigenvalue weighted by Gasteiger charge is -2.29. The quantitative estimate of drug-likeness (QED) is 0.803. The maximum Gasteiger partial charge on any atom is 0.410 e. The molecule has 20 heavy (non-hydrogen) atoms. The topological polar surface area (TPSA) is 32.8 Å². The van der Waals surface area contributed by atoms with E-state index in [1.54, 1.807) is 27.7 Å². The largest absolute Gasteiger partial charge is 0.444 e. The van der Waals surface area contributed by atoms with Crippen molar-refractivity contribution >= 4 is 6.09 Å². The van der Waals surface area contributed by atoms with E-state index in [2.05, 4.69) is 0 Å². The second-order valence-corrected chi connectivity index (χ2v) is 6.05. The van der Waals surface area contributed by atoms with Gasteiger partial charge in [-0.2, -0.15) is 13.2 Å². The van der Waals surface area contributed by atoms with E-state index in [1.807, 2.05) is 0 Å². The molecule has 1 fully saturated rings. The number of amides is 1. The third kappa shape index (κ3) is 5.56. The van der Waals surface area contributed by atoms with Gasteiger partial charge in [0.2, 0.25) is 0 Å². The number of ether oxygens (including phenoxy) is 1. The van der Waals surface area contributed by atoms with Crippen molar-refractivity contribution in [2.75, 3.05) is 26.2 Å². The average Bonchev–Trinajstić information content (AvgIpc) is 2.71. The van der Waals surface area contributed by atoms with Crippen molar-refractivity contribution in [2.24, 2.45) is 0 Å². The SMILES string of the molecule is CCN(CC(F)(F)F)[C@@H]1CCN(C(=O)OC(C)(C)C)C1. The molecule has 1 amide bonds. The highest BCUT2D eigenvalue weighted by atomic mass is 19.4. The summed E-state index contributed by atoms with van der Waals surface area (Å²) in [5.74, 6) is 0. The van der Waals surface area contributed by atoms with Crippen LogP contribution < -0.4 is 0 Å². The zero-order chi connectivity index (χ0) is 15.6. The van der Waals surface area contributed by atoms with E-state index in [0.29, 0.717) is 26.1 Å². The third-order valence-electron chi connectivity index (χ3n) is 3.12. The number of hydrogen-bond donors (Lipinski definition) is 0. The minimum Gasteiger partial charge on any atom is -0.444 e. The van der Waals surface area contributed by atoms with E-state index in [4.69, 9.17) is 4.74 Å². The minimum absolute atomic E-state index is 0.255. The van der Waals surface area contributed by atoms with Crippen molar-refractivity contribution in [3.8, 4) is 0 Å². The summed E-state index contributed by atoms with van der Waals surface area (Å²) in [7, 11) is 0. The summed E-state index contributed by atoms with van der Waals surface area (Å²) in [4.78, 5) is 14.7. The monoisotopic (exact) mass is 296 g/mol. The molecular weight excluding hydrogens is 273 g/mol. The number of nitrogens with zero attached hydrogens (tertiary/aromatic N) is 2. The number of likely N-dealkylation sites (N-methyl/N-ethyl adjacent to an activating group) is 1. The number of halogens is 3. The van der Waals surface area contributed by atoms with Gasteiger partial charge in [-0.15, -0.1) is 0 Å². The molecule has 0 unspecified atom stereocenters. The average molecular weight is 296 g/mol. The number of alkyl halides is 3. The van der Waals surface area contributed by atoms with Crippen molar-refractivity contribution in [2.45, 2.75) is 51.9 Å². The van der Waals surface area contributed by atoms with Crippen LogP contribution in [0.15, 0.2) is 0 Å². The lowest BCUT2D eigenvalue weighted by atomic mass is 10.2. The molecule has 1 rings (SSSR count). The van der Waals surface area contributed by atoms with Crippen LogP contribution in [0.4, 0.5) is 18.0 Å². The normalized spacial score (nSPS) is 20.6. The molecule has 7 heteroatoms. The van der Waals surface area contributed by atoms with Gasteiger partial charge in [-0.3, -0.25) is 4.90 Å². The van der Waals surface area contributed by atoms with Crippen LogP contribution in [0, 0.1) is 0 Å². The predicted octanol–water partition coefficient (Wildman–Crippen LogP) is 2.88. The molecule has 1 atom stereocenters. The van der Waals surface area contributed by atoms with Gasteiger partial charge in [-0.25, -0.2) is 4.79 Å². The second-order valence-electron chi connectivity index (χ2n) is 6.05. The first-order valence-corrected chi connectivity index (χ1v) is 6.80. The standard InChI is InChI=1S/C13H23F3N2O2/c1-5-17(9-13(14,15)16)10-6-7-18(8-10)11(19)20-12(2,3)4/h10H,5-9H2,1-4H3/t10-/m1/s1. The molecule has 0 aliphatic carbocycles. The molecule has 1 aliphatic rings. The molecule has 1 saturated heterocycles. The zero-order valence-electron chi connectivity index (χ0n) is 12.5. The van der Waals surface area contributed by atoms with Crippen molar-refractivity contribution in [1.29, 1.82) is 0 Å². The van der Waals surface area contributed by atoms with Crippen LogP contribution in [0.3, 0.4) is 0 Å². The van der Waals surface area contributed by atoms with Crippen LogP contribution in [-0.2, 0) is 4.74 Å². The fourth-order valence-electron chi connectivity index (χ4n) is 2.26. The molecule has 4 nitrogen and oxygen atoms in total. The van der Waals surface area contributed by atoms with Crippen molar-refractivity contribution in [3.05, 3.63) is 0 Å². The molecule has 0 bridgehead atoms.